The van der Waals surface area contributed by atoms with E-state index in [1.54, 1.807) is 0 Å². The summed E-state index contributed by atoms with van der Waals surface area (Å²) >= 11 is 0. The summed E-state index contributed by atoms with van der Waals surface area (Å²) in [6.07, 6.45) is -0.514. The van der Waals surface area contributed by atoms with Crippen LogP contribution >= 0.6 is 0 Å². The molecule has 0 unspecified atom stereocenters. The van der Waals surface area contributed by atoms with Crippen molar-refractivity contribution >= 4 is 0 Å². The summed E-state index contributed by atoms with van der Waals surface area (Å²) < 4.78 is 63.8. The Balaban J connectivity index is 2.42. The van der Waals surface area contributed by atoms with Crippen LogP contribution < -0.4 is 10.1 Å². The van der Waals surface area contributed by atoms with Gasteiger partial charge in [0.05, 0.1) is 1.37 Å². The Bertz CT molecular complexity index is 407. The fraction of sp³-hybridized carbons (Fsp3) is 0.333. The third-order valence-electron chi connectivity index (χ3n) is 2.03. The summed E-state index contributed by atoms with van der Waals surface area (Å²) in [4.78, 5) is 0. The molecular formula is C9H7F4NO. The van der Waals surface area contributed by atoms with E-state index in [2.05, 4.69) is 5.32 Å². The van der Waals surface area contributed by atoms with Crippen LogP contribution in [-0.4, -0.2) is 19.2 Å². The quantitative estimate of drug-likeness (QED) is 0.606. The molecule has 1 aromatic rings. The monoisotopic (exact) mass is 222 g/mol. The molecule has 0 amide bonds. The van der Waals surface area contributed by atoms with Gasteiger partial charge < -0.3 is 10.1 Å². The Morgan fingerprint density at radius 2 is 1.73 bits per heavy atom. The van der Waals surface area contributed by atoms with Crippen LogP contribution in [0.1, 0.15) is 1.37 Å². The summed E-state index contributed by atoms with van der Waals surface area (Å²) in [6, 6.07) is -1.44. The molecule has 15 heavy (non-hydrogen) atoms. The molecule has 82 valence electrons. The number of hydrogen-bond donors (Lipinski definition) is 1. The van der Waals surface area contributed by atoms with Crippen LogP contribution in [0, 0.1) is 23.3 Å². The Morgan fingerprint density at radius 3 is 2.13 bits per heavy atom. The van der Waals surface area contributed by atoms with Crippen LogP contribution in [0.15, 0.2) is 6.04 Å². The standard InChI is InChI=1S/C9H7F4NO/c10-5-1-6(11)8(13)9(7(5)12)15-4-2-14-3-4/h1,4,14H,2-3H2/i1D. The minimum Gasteiger partial charge on any atom is -0.482 e. The topological polar surface area (TPSA) is 21.3 Å². The molecular weight excluding hydrogens is 214 g/mol. The molecule has 0 atom stereocenters. The van der Waals surface area contributed by atoms with Gasteiger partial charge in [0.25, 0.3) is 0 Å². The maximum Gasteiger partial charge on any atom is 0.203 e. The van der Waals surface area contributed by atoms with Gasteiger partial charge in [-0.1, -0.05) is 0 Å². The van der Waals surface area contributed by atoms with Crippen LogP contribution in [0.5, 0.6) is 5.75 Å². The fourth-order valence-corrected chi connectivity index (χ4v) is 1.12. The van der Waals surface area contributed by atoms with Gasteiger partial charge in [0.2, 0.25) is 11.6 Å². The van der Waals surface area contributed by atoms with Crippen molar-refractivity contribution in [1.29, 1.82) is 0 Å². The molecule has 1 saturated heterocycles. The first-order valence-corrected chi connectivity index (χ1v) is 4.22. The lowest BCUT2D eigenvalue weighted by Gasteiger charge is -2.28. The minimum absolute atomic E-state index is 0.352. The van der Waals surface area contributed by atoms with E-state index in [-0.39, 0.29) is 0 Å². The number of rotatable bonds is 2. The molecule has 1 N–H and O–H groups in total. The van der Waals surface area contributed by atoms with E-state index in [4.69, 9.17) is 6.11 Å². The lowest BCUT2D eigenvalue weighted by Crippen LogP contribution is -2.50. The molecule has 0 saturated carbocycles. The molecule has 1 aliphatic heterocycles. The van der Waals surface area contributed by atoms with Crippen molar-refractivity contribution in [2.75, 3.05) is 13.1 Å². The second kappa shape index (κ2) is 3.69. The molecule has 2 rings (SSSR count). The number of benzene rings is 1. The average molecular weight is 222 g/mol. The zero-order valence-electron chi connectivity index (χ0n) is 8.41. The van der Waals surface area contributed by atoms with E-state index in [0.29, 0.717) is 13.1 Å². The molecule has 2 nitrogen and oxygen atoms in total. The Hall–Kier alpha value is -1.30. The summed E-state index contributed by atoms with van der Waals surface area (Å²) in [7, 11) is 0. The van der Waals surface area contributed by atoms with Gasteiger partial charge in [0, 0.05) is 19.1 Å². The van der Waals surface area contributed by atoms with Crippen molar-refractivity contribution in [3.63, 3.8) is 0 Å². The first kappa shape index (κ1) is 8.96. The average Bonchev–Trinajstić information content (AvgIpc) is 2.21. The highest BCUT2D eigenvalue weighted by Crippen LogP contribution is 2.27. The highest BCUT2D eigenvalue weighted by atomic mass is 19.2. The third kappa shape index (κ3) is 1.77. The first-order chi connectivity index (χ1) is 7.52. The zero-order valence-corrected chi connectivity index (χ0v) is 7.41. The van der Waals surface area contributed by atoms with E-state index in [1.807, 2.05) is 0 Å². The SMILES string of the molecule is [2H]c1c(F)c(F)c(OC2CNC2)c(F)c1F. The molecule has 0 aliphatic carbocycles. The second-order valence-corrected chi connectivity index (χ2v) is 3.11. The maximum atomic E-state index is 13.2. The van der Waals surface area contributed by atoms with Gasteiger partial charge >= 0.3 is 0 Å². The summed E-state index contributed by atoms with van der Waals surface area (Å²) in [6.45, 7) is 0.704. The smallest absolute Gasteiger partial charge is 0.203 e. The van der Waals surface area contributed by atoms with Crippen molar-refractivity contribution in [2.24, 2.45) is 0 Å². The second-order valence-electron chi connectivity index (χ2n) is 3.11. The van der Waals surface area contributed by atoms with Gasteiger partial charge in [-0.3, -0.25) is 0 Å². The summed E-state index contributed by atoms with van der Waals surface area (Å²) in [5.74, 6) is -7.94. The highest BCUT2D eigenvalue weighted by molar-refractivity contribution is 5.29. The van der Waals surface area contributed by atoms with Crippen LogP contribution in [0.2, 0.25) is 0 Å². The summed E-state index contributed by atoms with van der Waals surface area (Å²) in [5, 5.41) is 2.77. The lowest BCUT2D eigenvalue weighted by atomic mass is 10.2. The van der Waals surface area contributed by atoms with Gasteiger partial charge in [-0.2, -0.15) is 8.78 Å². The zero-order chi connectivity index (χ0) is 11.9. The van der Waals surface area contributed by atoms with Gasteiger partial charge in [0.15, 0.2) is 17.4 Å². The van der Waals surface area contributed by atoms with Crippen LogP contribution in [0.3, 0.4) is 0 Å². The number of nitrogens with one attached hydrogen (secondary N) is 1. The van der Waals surface area contributed by atoms with Crippen LogP contribution in [0.25, 0.3) is 0 Å². The van der Waals surface area contributed by atoms with Gasteiger partial charge in [-0.25, -0.2) is 8.78 Å². The van der Waals surface area contributed by atoms with Crippen molar-refractivity contribution in [3.05, 3.63) is 29.3 Å². The number of hydrogen-bond acceptors (Lipinski definition) is 2. The van der Waals surface area contributed by atoms with E-state index < -0.39 is 41.2 Å². The van der Waals surface area contributed by atoms with Gasteiger partial charge in [0.1, 0.15) is 6.10 Å². The highest BCUT2D eigenvalue weighted by Gasteiger charge is 2.26. The molecule has 1 heterocycles. The predicted octanol–water partition coefficient (Wildman–Crippen LogP) is 1.59. The van der Waals surface area contributed by atoms with Crippen LogP contribution in [-0.2, 0) is 0 Å². The van der Waals surface area contributed by atoms with Crippen molar-refractivity contribution in [3.8, 4) is 5.75 Å². The Kier molecular flexibility index (Phi) is 2.21. The van der Waals surface area contributed by atoms with Crippen molar-refractivity contribution < 1.29 is 23.7 Å². The van der Waals surface area contributed by atoms with Crippen LogP contribution in [0.4, 0.5) is 17.6 Å². The largest absolute Gasteiger partial charge is 0.482 e. The molecule has 1 aromatic carbocycles. The Morgan fingerprint density at radius 1 is 1.20 bits per heavy atom. The summed E-state index contributed by atoms with van der Waals surface area (Å²) in [5.41, 5.74) is 0. The van der Waals surface area contributed by atoms with Crippen molar-refractivity contribution in [1.82, 2.24) is 5.32 Å². The molecule has 0 aromatic heterocycles. The molecule has 0 radical (unpaired) electrons. The van der Waals surface area contributed by atoms with E-state index in [9.17, 15) is 17.6 Å². The fourth-order valence-electron chi connectivity index (χ4n) is 1.12. The molecule has 1 aliphatic rings. The molecule has 1 fully saturated rings. The Labute approximate surface area is 84.3 Å². The van der Waals surface area contributed by atoms with E-state index in [0.717, 1.165) is 0 Å². The molecule has 0 bridgehead atoms. The number of ether oxygens (including phenoxy) is 1. The normalized spacial score (nSPS) is 17.2. The maximum absolute atomic E-state index is 13.2. The first-order valence-electron chi connectivity index (χ1n) is 4.72. The van der Waals surface area contributed by atoms with E-state index >= 15 is 0 Å². The molecule has 6 heteroatoms. The van der Waals surface area contributed by atoms with Crippen molar-refractivity contribution in [2.45, 2.75) is 6.10 Å². The third-order valence-corrected chi connectivity index (χ3v) is 2.03. The number of halogens is 4. The molecule has 0 spiro atoms. The lowest BCUT2D eigenvalue weighted by molar-refractivity contribution is 0.127. The van der Waals surface area contributed by atoms with E-state index in [1.165, 1.54) is 0 Å². The minimum atomic E-state index is -1.75. The predicted molar refractivity (Wildman–Crippen MR) is 43.6 cm³/mol. The van der Waals surface area contributed by atoms with Gasteiger partial charge in [-0.05, 0) is 0 Å². The van der Waals surface area contributed by atoms with Gasteiger partial charge in [-0.15, -0.1) is 0 Å².